The SMILES string of the molecule is [2H]c1cc(N)c2c(=O)n(C3([2H])C(=O)CC(=O)C([2H])([2H])C3[2H])c(C)nc2c1. The molecule has 2 unspecified atom stereocenters. The van der Waals surface area contributed by atoms with Crippen LogP contribution < -0.4 is 11.3 Å². The zero-order valence-electron chi connectivity index (χ0n) is 16.1. The number of hydrogen-bond acceptors (Lipinski definition) is 5. The molecule has 0 amide bonds. The van der Waals surface area contributed by atoms with E-state index < -0.39 is 42.3 Å². The Labute approximate surface area is 127 Å². The molecule has 21 heavy (non-hydrogen) atoms. The van der Waals surface area contributed by atoms with Crippen molar-refractivity contribution in [3.8, 4) is 0 Å². The fraction of sp³-hybridized carbons (Fsp3) is 0.333. The number of nitrogens with two attached hydrogens (primary N) is 1. The van der Waals surface area contributed by atoms with Crippen LogP contribution in [0.15, 0.2) is 23.0 Å². The maximum Gasteiger partial charge on any atom is 0.264 e. The van der Waals surface area contributed by atoms with Crippen LogP contribution in [0.2, 0.25) is 0 Å². The molecule has 1 saturated carbocycles. The molecule has 1 aromatic carbocycles. The first-order valence-corrected chi connectivity index (χ1v) is 6.21. The molecular formula is C15H15N3O3. The number of carbonyl (C=O) groups is 2. The number of aromatic nitrogens is 2. The highest BCUT2D eigenvalue weighted by Crippen LogP contribution is 2.24. The first-order valence-electron chi connectivity index (χ1n) is 8.79. The van der Waals surface area contributed by atoms with Gasteiger partial charge in [0.05, 0.1) is 26.1 Å². The molecule has 0 spiro atoms. The number of fused-ring (bicyclic) bond motifs is 1. The minimum Gasteiger partial charge on any atom is -0.398 e. The van der Waals surface area contributed by atoms with Gasteiger partial charge in [-0.05, 0) is 25.5 Å². The second-order valence-electron chi connectivity index (χ2n) is 4.67. The topological polar surface area (TPSA) is 95.0 Å². The maximum absolute atomic E-state index is 13.0. The lowest BCUT2D eigenvalue weighted by Gasteiger charge is -2.24. The zero-order valence-corrected chi connectivity index (χ0v) is 11.1. The normalized spacial score (nSPS) is 32.0. The van der Waals surface area contributed by atoms with Gasteiger partial charge in [-0.1, -0.05) is 6.04 Å². The molecule has 6 heteroatoms. The summed E-state index contributed by atoms with van der Waals surface area (Å²) >= 11 is 0. The number of benzene rings is 1. The summed E-state index contributed by atoms with van der Waals surface area (Å²) in [7, 11) is 0. The van der Waals surface area contributed by atoms with E-state index in [0.29, 0.717) is 4.57 Å². The molecule has 3 rings (SSSR count). The van der Waals surface area contributed by atoms with E-state index in [0.717, 1.165) is 0 Å². The van der Waals surface area contributed by atoms with Crippen molar-refractivity contribution in [1.29, 1.82) is 0 Å². The van der Waals surface area contributed by atoms with Gasteiger partial charge in [0.1, 0.15) is 11.6 Å². The number of Topliss-reactive ketones (excluding diaryl/α,β-unsaturated/α-hetero) is 2. The van der Waals surface area contributed by atoms with Crippen molar-refractivity contribution in [1.82, 2.24) is 9.55 Å². The van der Waals surface area contributed by atoms with E-state index in [2.05, 4.69) is 4.98 Å². The van der Waals surface area contributed by atoms with E-state index >= 15 is 0 Å². The largest absolute Gasteiger partial charge is 0.398 e. The van der Waals surface area contributed by atoms with Crippen LogP contribution in [-0.2, 0) is 9.59 Å². The lowest BCUT2D eigenvalue weighted by Crippen LogP contribution is -2.36. The Kier molecular flexibility index (Phi) is 1.99. The summed E-state index contributed by atoms with van der Waals surface area (Å²) in [6.45, 7) is 1.33. The molecule has 108 valence electrons. The first-order chi connectivity index (χ1) is 11.9. The molecule has 2 aromatic rings. The van der Waals surface area contributed by atoms with Gasteiger partial charge in [0.15, 0.2) is 5.78 Å². The maximum atomic E-state index is 13.0. The van der Waals surface area contributed by atoms with Gasteiger partial charge in [0, 0.05) is 16.2 Å². The molecule has 0 bridgehead atoms. The van der Waals surface area contributed by atoms with Crippen molar-refractivity contribution in [2.75, 3.05) is 5.73 Å². The van der Waals surface area contributed by atoms with Crippen molar-refractivity contribution in [2.24, 2.45) is 0 Å². The number of carbonyl (C=O) groups excluding carboxylic acids is 2. The summed E-state index contributed by atoms with van der Waals surface area (Å²) in [6.07, 6.45) is -5.82. The Morgan fingerprint density at radius 3 is 3.00 bits per heavy atom. The highest BCUT2D eigenvalue weighted by Gasteiger charge is 2.30. The quantitative estimate of drug-likeness (QED) is 0.628. The van der Waals surface area contributed by atoms with Crippen molar-refractivity contribution in [3.05, 3.63) is 34.4 Å². The predicted octanol–water partition coefficient (Wildman–Crippen LogP) is 1.15. The number of rotatable bonds is 1. The monoisotopic (exact) mass is 290 g/mol. The third-order valence-corrected chi connectivity index (χ3v) is 3.24. The highest BCUT2D eigenvalue weighted by molar-refractivity contribution is 6.03. The predicted molar refractivity (Wildman–Crippen MR) is 78.1 cm³/mol. The van der Waals surface area contributed by atoms with E-state index in [4.69, 9.17) is 12.6 Å². The fourth-order valence-corrected chi connectivity index (χ4v) is 2.30. The molecular weight excluding hydrogens is 270 g/mol. The summed E-state index contributed by atoms with van der Waals surface area (Å²) in [5.74, 6) is -2.26. The summed E-state index contributed by atoms with van der Waals surface area (Å²) in [4.78, 5) is 41.4. The fourth-order valence-electron chi connectivity index (χ4n) is 2.30. The Morgan fingerprint density at radius 1 is 1.48 bits per heavy atom. The molecule has 6 nitrogen and oxygen atoms in total. The third-order valence-electron chi connectivity index (χ3n) is 3.24. The van der Waals surface area contributed by atoms with Crippen molar-refractivity contribution in [3.63, 3.8) is 0 Å². The Balaban J connectivity index is 2.39. The summed E-state index contributed by atoms with van der Waals surface area (Å²) < 4.78 is 40.4. The van der Waals surface area contributed by atoms with Gasteiger partial charge in [0.25, 0.3) is 5.56 Å². The molecule has 0 saturated heterocycles. The number of hydrogen-bond donors (Lipinski definition) is 1. The average Bonchev–Trinajstić information content (AvgIpc) is 2.51. The van der Waals surface area contributed by atoms with Crippen LogP contribution in [0.5, 0.6) is 0 Å². The average molecular weight is 290 g/mol. The summed E-state index contributed by atoms with van der Waals surface area (Å²) in [5.41, 5.74) is 4.93. The Bertz CT molecular complexity index is 1040. The number of anilines is 1. The van der Waals surface area contributed by atoms with Crippen molar-refractivity contribution < 1.29 is 16.4 Å². The van der Waals surface area contributed by atoms with Crippen LogP contribution in [0.1, 0.15) is 37.9 Å². The standard InChI is InChI=1S/C15H15N3O3/c1-8-17-11-4-2-3-10(16)14(11)15(21)18(8)12-6-5-9(19)7-13(12)20/h2-4,12H,5-7,16H2,1H3/i2D,5D2,6D,12D. The van der Waals surface area contributed by atoms with Crippen LogP contribution >= 0.6 is 0 Å². The van der Waals surface area contributed by atoms with Gasteiger partial charge < -0.3 is 5.73 Å². The molecule has 0 radical (unpaired) electrons. The lowest BCUT2D eigenvalue weighted by molar-refractivity contribution is -0.132. The van der Waals surface area contributed by atoms with Crippen LogP contribution in [0.4, 0.5) is 5.69 Å². The van der Waals surface area contributed by atoms with Gasteiger partial charge in [0.2, 0.25) is 0 Å². The van der Waals surface area contributed by atoms with Crippen LogP contribution in [-0.4, -0.2) is 21.1 Å². The smallest absolute Gasteiger partial charge is 0.264 e. The van der Waals surface area contributed by atoms with Crippen LogP contribution in [0.25, 0.3) is 10.9 Å². The number of nitrogen functional groups attached to an aromatic ring is 1. The molecule has 2 atom stereocenters. The van der Waals surface area contributed by atoms with E-state index in [1.54, 1.807) is 0 Å². The van der Waals surface area contributed by atoms with Gasteiger partial charge in [-0.3, -0.25) is 19.0 Å². The summed E-state index contributed by atoms with van der Waals surface area (Å²) in [5, 5.41) is -0.129. The van der Waals surface area contributed by atoms with Crippen LogP contribution in [0, 0.1) is 6.92 Å². The second-order valence-corrected chi connectivity index (χ2v) is 4.67. The van der Waals surface area contributed by atoms with Crippen molar-refractivity contribution in [2.45, 2.75) is 32.1 Å². The minimum absolute atomic E-state index is 0.0219. The molecule has 1 heterocycles. The van der Waals surface area contributed by atoms with Gasteiger partial charge in [-0.2, -0.15) is 0 Å². The molecule has 1 fully saturated rings. The van der Waals surface area contributed by atoms with E-state index in [9.17, 15) is 14.4 Å². The van der Waals surface area contributed by atoms with Gasteiger partial charge in [-0.25, -0.2) is 4.98 Å². The van der Waals surface area contributed by atoms with E-state index in [-0.39, 0.29) is 28.5 Å². The Hall–Kier alpha value is -2.50. The van der Waals surface area contributed by atoms with Gasteiger partial charge in [-0.15, -0.1) is 0 Å². The first kappa shape index (κ1) is 8.71. The molecule has 1 aromatic heterocycles. The second kappa shape index (κ2) is 4.80. The minimum atomic E-state index is -2.77. The zero-order chi connectivity index (χ0) is 19.6. The molecule has 0 aliphatic heterocycles. The Morgan fingerprint density at radius 2 is 2.24 bits per heavy atom. The number of nitrogens with zero attached hydrogens (tertiary/aromatic N) is 2. The number of aryl methyl sites for hydroxylation is 1. The van der Waals surface area contributed by atoms with E-state index in [1.165, 1.54) is 19.1 Å². The van der Waals surface area contributed by atoms with Crippen molar-refractivity contribution >= 4 is 28.2 Å². The molecule has 1 aliphatic rings. The van der Waals surface area contributed by atoms with Crippen LogP contribution in [0.3, 0.4) is 0 Å². The molecule has 1 aliphatic carbocycles. The molecule has 2 N–H and O–H groups in total. The summed E-state index contributed by atoms with van der Waals surface area (Å²) in [6, 6.07) is -0.129. The number of ketones is 2. The highest BCUT2D eigenvalue weighted by atomic mass is 16.2. The third kappa shape index (κ3) is 2.12. The van der Waals surface area contributed by atoms with Gasteiger partial charge >= 0.3 is 0 Å². The lowest BCUT2D eigenvalue weighted by atomic mass is 9.92. The van der Waals surface area contributed by atoms with E-state index in [1.807, 2.05) is 0 Å².